The summed E-state index contributed by atoms with van der Waals surface area (Å²) in [4.78, 5) is 4.21. The molecule has 2 nitrogen and oxygen atoms in total. The lowest BCUT2D eigenvalue weighted by molar-refractivity contribution is 0.335. The van der Waals surface area contributed by atoms with Crippen molar-refractivity contribution in [2.75, 3.05) is 7.11 Å². The maximum absolute atomic E-state index is 5.14. The molecule has 1 aliphatic carbocycles. The predicted octanol–water partition coefficient (Wildman–Crippen LogP) is 7.68. The molecule has 0 spiro atoms. The zero-order chi connectivity index (χ0) is 23.0. The normalized spacial score (nSPS) is 21.8. The van der Waals surface area contributed by atoms with Gasteiger partial charge < -0.3 is 4.74 Å². The predicted molar refractivity (Wildman–Crippen MR) is 135 cm³/mol. The summed E-state index contributed by atoms with van der Waals surface area (Å²) in [6, 6.07) is 13.2. The number of benzene rings is 1. The lowest BCUT2D eigenvalue weighted by Crippen LogP contribution is -2.11. The van der Waals surface area contributed by atoms with Crippen LogP contribution in [-0.4, -0.2) is 12.1 Å². The highest BCUT2D eigenvalue weighted by Crippen LogP contribution is 2.65. The Morgan fingerprint density at radius 1 is 1.19 bits per heavy atom. The lowest BCUT2D eigenvalue weighted by atomic mass is 9.86. The summed E-state index contributed by atoms with van der Waals surface area (Å²) < 4.78 is 5.14. The fourth-order valence-electron chi connectivity index (χ4n) is 5.52. The third-order valence-corrected chi connectivity index (χ3v) is 7.24. The van der Waals surface area contributed by atoms with Gasteiger partial charge in [0.25, 0.3) is 0 Å². The first kappa shape index (κ1) is 23.8. The number of aromatic nitrogens is 1. The van der Waals surface area contributed by atoms with Gasteiger partial charge in [0.2, 0.25) is 0 Å². The van der Waals surface area contributed by atoms with Crippen molar-refractivity contribution in [1.82, 2.24) is 4.98 Å². The Kier molecular flexibility index (Phi) is 8.31. The third-order valence-electron chi connectivity index (χ3n) is 7.24. The molecule has 0 N–H and O–H groups in total. The molecule has 3 unspecified atom stereocenters. The van der Waals surface area contributed by atoms with Crippen molar-refractivity contribution >= 4 is 5.57 Å². The van der Waals surface area contributed by atoms with Crippen LogP contribution in [0.1, 0.15) is 62.6 Å². The van der Waals surface area contributed by atoms with Crippen LogP contribution in [-0.2, 0) is 16.6 Å². The van der Waals surface area contributed by atoms with E-state index in [1.54, 1.807) is 13.3 Å². The molecule has 0 aliphatic heterocycles. The SMILES string of the molecule is C=C=C(CCc1cccnc1)C(=C)c1ccc(C2(CC)C(CC=COC)C2CCC)cc1. The van der Waals surface area contributed by atoms with Gasteiger partial charge in [-0.25, -0.2) is 0 Å². The van der Waals surface area contributed by atoms with Crippen LogP contribution in [0.25, 0.3) is 5.57 Å². The minimum Gasteiger partial charge on any atom is -0.505 e. The number of pyridine rings is 1. The first-order chi connectivity index (χ1) is 15.6. The largest absolute Gasteiger partial charge is 0.505 e. The van der Waals surface area contributed by atoms with Gasteiger partial charge in [-0.2, -0.15) is 0 Å². The lowest BCUT2D eigenvalue weighted by Gasteiger charge is -2.18. The van der Waals surface area contributed by atoms with E-state index in [1.807, 2.05) is 18.5 Å². The number of nitrogens with zero attached hydrogens (tertiary/aromatic N) is 1. The van der Waals surface area contributed by atoms with E-state index >= 15 is 0 Å². The topological polar surface area (TPSA) is 22.1 Å². The Morgan fingerprint density at radius 2 is 1.97 bits per heavy atom. The second kappa shape index (κ2) is 11.2. The molecule has 1 heterocycles. The number of ether oxygens (including phenoxy) is 1. The third kappa shape index (κ3) is 4.97. The van der Waals surface area contributed by atoms with Crippen molar-refractivity contribution in [3.63, 3.8) is 0 Å². The number of aryl methyl sites for hydroxylation is 1. The van der Waals surface area contributed by atoms with Crippen LogP contribution in [0.3, 0.4) is 0 Å². The van der Waals surface area contributed by atoms with Crippen LogP contribution in [0.4, 0.5) is 0 Å². The first-order valence-electron chi connectivity index (χ1n) is 11.9. The van der Waals surface area contributed by atoms with E-state index in [0.717, 1.165) is 41.9 Å². The molecule has 32 heavy (non-hydrogen) atoms. The van der Waals surface area contributed by atoms with Crippen molar-refractivity contribution in [3.05, 3.63) is 102 Å². The van der Waals surface area contributed by atoms with Crippen molar-refractivity contribution < 1.29 is 4.74 Å². The molecule has 0 saturated heterocycles. The standard InChI is InChI=1S/C30H37NO/c1-6-11-28-29(13-10-21-32-5)30(28,8-3)27-18-16-26(17-19-27)23(4)25(7-2)15-14-24-12-9-20-31-22-24/h9-10,12,16-22,28-29H,2,4,6,8,11,13-15H2,1,3,5H3. The van der Waals surface area contributed by atoms with Gasteiger partial charge in [0.15, 0.2) is 0 Å². The van der Waals surface area contributed by atoms with Gasteiger partial charge in [-0.1, -0.05) is 63.8 Å². The van der Waals surface area contributed by atoms with Crippen molar-refractivity contribution in [2.45, 2.75) is 57.8 Å². The minimum atomic E-state index is 0.283. The number of hydrogen-bond acceptors (Lipinski definition) is 2. The molecule has 1 aromatic heterocycles. The molecule has 1 saturated carbocycles. The minimum absolute atomic E-state index is 0.283. The molecule has 1 aromatic carbocycles. The maximum Gasteiger partial charge on any atom is 0.0784 e. The van der Waals surface area contributed by atoms with E-state index < -0.39 is 0 Å². The van der Waals surface area contributed by atoms with Gasteiger partial charge in [0.05, 0.1) is 13.4 Å². The van der Waals surface area contributed by atoms with Crippen LogP contribution >= 0.6 is 0 Å². The van der Waals surface area contributed by atoms with Crippen molar-refractivity contribution in [3.8, 4) is 0 Å². The summed E-state index contributed by atoms with van der Waals surface area (Å²) in [7, 11) is 1.72. The smallest absolute Gasteiger partial charge is 0.0784 e. The summed E-state index contributed by atoms with van der Waals surface area (Å²) in [5, 5.41) is 0. The molecule has 2 aromatic rings. The zero-order valence-electron chi connectivity index (χ0n) is 19.9. The Hall–Kier alpha value is -2.83. The molecule has 3 atom stereocenters. The fraction of sp³-hybridized carbons (Fsp3) is 0.400. The molecule has 1 fully saturated rings. The van der Waals surface area contributed by atoms with Gasteiger partial charge in [-0.3, -0.25) is 4.98 Å². The number of rotatable bonds is 12. The van der Waals surface area contributed by atoms with E-state index in [-0.39, 0.29) is 5.41 Å². The first-order valence-corrected chi connectivity index (χ1v) is 11.9. The van der Waals surface area contributed by atoms with Crippen molar-refractivity contribution in [2.24, 2.45) is 11.8 Å². The fourth-order valence-corrected chi connectivity index (χ4v) is 5.52. The average Bonchev–Trinajstić information content (AvgIpc) is 3.46. The van der Waals surface area contributed by atoms with E-state index in [0.29, 0.717) is 5.92 Å². The Morgan fingerprint density at radius 3 is 2.56 bits per heavy atom. The highest BCUT2D eigenvalue weighted by Gasteiger charge is 2.61. The van der Waals surface area contributed by atoms with Gasteiger partial charge in [0, 0.05) is 23.4 Å². The highest BCUT2D eigenvalue weighted by molar-refractivity contribution is 5.77. The van der Waals surface area contributed by atoms with Crippen molar-refractivity contribution in [1.29, 1.82) is 0 Å². The highest BCUT2D eigenvalue weighted by atomic mass is 16.5. The summed E-state index contributed by atoms with van der Waals surface area (Å²) in [5.41, 5.74) is 9.33. The second-order valence-electron chi connectivity index (χ2n) is 8.81. The molecule has 0 bridgehead atoms. The Labute approximate surface area is 194 Å². The van der Waals surface area contributed by atoms with Crippen LogP contribution in [0, 0.1) is 11.8 Å². The Balaban J connectivity index is 1.74. The summed E-state index contributed by atoms with van der Waals surface area (Å²) in [6.45, 7) is 12.9. The van der Waals surface area contributed by atoms with Crippen LogP contribution in [0.15, 0.2) is 85.6 Å². The number of hydrogen-bond donors (Lipinski definition) is 0. The molecular weight excluding hydrogens is 390 g/mol. The van der Waals surface area contributed by atoms with Gasteiger partial charge >= 0.3 is 0 Å². The monoisotopic (exact) mass is 427 g/mol. The average molecular weight is 428 g/mol. The zero-order valence-corrected chi connectivity index (χ0v) is 19.9. The van der Waals surface area contributed by atoms with E-state index in [9.17, 15) is 0 Å². The number of methoxy groups -OCH3 is 1. The molecule has 2 heteroatoms. The van der Waals surface area contributed by atoms with E-state index in [2.05, 4.69) is 74.1 Å². The molecular formula is C30H37NO. The Bertz CT molecular complexity index is 966. The second-order valence-corrected chi connectivity index (χ2v) is 8.81. The van der Waals surface area contributed by atoms with E-state index in [1.165, 1.54) is 30.4 Å². The van der Waals surface area contributed by atoms with E-state index in [4.69, 9.17) is 4.74 Å². The molecule has 1 aliphatic rings. The summed E-state index contributed by atoms with van der Waals surface area (Å²) >= 11 is 0. The molecule has 3 rings (SSSR count). The molecule has 0 radical (unpaired) electrons. The van der Waals surface area contributed by atoms with Gasteiger partial charge in [-0.15, -0.1) is 5.73 Å². The summed E-state index contributed by atoms with van der Waals surface area (Å²) in [6.07, 6.45) is 14.3. The van der Waals surface area contributed by atoms with Gasteiger partial charge in [0.1, 0.15) is 0 Å². The molecule has 0 amide bonds. The van der Waals surface area contributed by atoms with Gasteiger partial charge in [-0.05, 0) is 78.3 Å². The van der Waals surface area contributed by atoms with Crippen LogP contribution < -0.4 is 0 Å². The van der Waals surface area contributed by atoms with Crippen LogP contribution in [0.5, 0.6) is 0 Å². The van der Waals surface area contributed by atoms with Crippen LogP contribution in [0.2, 0.25) is 0 Å². The summed E-state index contributed by atoms with van der Waals surface area (Å²) in [5.74, 6) is 1.44. The quantitative estimate of drug-likeness (QED) is 0.197. The molecule has 168 valence electrons. The number of allylic oxidation sites excluding steroid dienone is 3. The maximum atomic E-state index is 5.14.